The molecule has 0 unspecified atom stereocenters. The van der Waals surface area contributed by atoms with Gasteiger partial charge in [-0.1, -0.05) is 6.92 Å². The number of nitrogens with one attached hydrogen (secondary N) is 1. The molecule has 0 atom stereocenters. The summed E-state index contributed by atoms with van der Waals surface area (Å²) in [5.74, 6) is -0.490. The van der Waals surface area contributed by atoms with E-state index in [4.69, 9.17) is 5.73 Å². The van der Waals surface area contributed by atoms with Crippen molar-refractivity contribution in [3.63, 3.8) is 0 Å². The standard InChI is InChI=1S/C11H19N5O2/c1-4-5-16(7-9(17)13-2)11(18)10-8(12)6-14-15(10)3/h6H,4-5,7,12H2,1-3H3,(H,13,17). The second-order valence-corrected chi connectivity index (χ2v) is 3.97. The highest BCUT2D eigenvalue weighted by atomic mass is 16.2. The first-order valence-corrected chi connectivity index (χ1v) is 5.78. The fourth-order valence-corrected chi connectivity index (χ4v) is 1.64. The number of nitrogens with zero attached hydrogens (tertiary/aromatic N) is 3. The molecular weight excluding hydrogens is 234 g/mol. The average Bonchev–Trinajstić information content (AvgIpc) is 2.67. The normalized spacial score (nSPS) is 10.2. The van der Waals surface area contributed by atoms with Gasteiger partial charge in [0.2, 0.25) is 5.91 Å². The van der Waals surface area contributed by atoms with E-state index in [1.807, 2.05) is 6.92 Å². The predicted octanol–water partition coefficient (Wildman–Crippen LogP) is -0.399. The summed E-state index contributed by atoms with van der Waals surface area (Å²) >= 11 is 0. The number of hydrogen-bond acceptors (Lipinski definition) is 4. The average molecular weight is 253 g/mol. The van der Waals surface area contributed by atoms with Crippen molar-refractivity contribution in [2.24, 2.45) is 7.05 Å². The summed E-state index contributed by atoms with van der Waals surface area (Å²) in [6.07, 6.45) is 2.19. The van der Waals surface area contributed by atoms with Gasteiger partial charge >= 0.3 is 0 Å². The summed E-state index contributed by atoms with van der Waals surface area (Å²) in [6, 6.07) is 0. The molecule has 0 spiro atoms. The lowest BCUT2D eigenvalue weighted by Crippen LogP contribution is -2.41. The number of aryl methyl sites for hydroxylation is 1. The van der Waals surface area contributed by atoms with E-state index in [1.165, 1.54) is 22.8 Å². The molecule has 0 fully saturated rings. The van der Waals surface area contributed by atoms with Crippen LogP contribution in [0.3, 0.4) is 0 Å². The smallest absolute Gasteiger partial charge is 0.274 e. The Bertz CT molecular complexity index is 421. The summed E-state index contributed by atoms with van der Waals surface area (Å²) in [6.45, 7) is 2.46. The van der Waals surface area contributed by atoms with Crippen molar-refractivity contribution >= 4 is 17.5 Å². The van der Waals surface area contributed by atoms with Crippen LogP contribution in [0.4, 0.5) is 5.69 Å². The number of hydrogen-bond donors (Lipinski definition) is 2. The lowest BCUT2D eigenvalue weighted by molar-refractivity contribution is -0.121. The van der Waals surface area contributed by atoms with Crippen LogP contribution in [0.5, 0.6) is 0 Å². The SMILES string of the molecule is CCCN(CC(=O)NC)C(=O)c1c(N)cnn1C. The molecule has 0 saturated carbocycles. The quantitative estimate of drug-likeness (QED) is 0.746. The summed E-state index contributed by atoms with van der Waals surface area (Å²) in [5, 5.41) is 6.42. The van der Waals surface area contributed by atoms with Crippen LogP contribution < -0.4 is 11.1 Å². The predicted molar refractivity (Wildman–Crippen MR) is 67.9 cm³/mol. The van der Waals surface area contributed by atoms with E-state index < -0.39 is 0 Å². The molecule has 0 radical (unpaired) electrons. The molecule has 0 aliphatic carbocycles. The van der Waals surface area contributed by atoms with Crippen molar-refractivity contribution in [1.82, 2.24) is 20.0 Å². The molecular formula is C11H19N5O2. The van der Waals surface area contributed by atoms with Gasteiger partial charge in [-0.05, 0) is 6.42 Å². The number of rotatable bonds is 5. The van der Waals surface area contributed by atoms with E-state index >= 15 is 0 Å². The van der Waals surface area contributed by atoms with E-state index in [0.717, 1.165) is 6.42 Å². The molecule has 0 saturated heterocycles. The van der Waals surface area contributed by atoms with Crippen LogP contribution in [0.2, 0.25) is 0 Å². The van der Waals surface area contributed by atoms with Crippen LogP contribution in [0.1, 0.15) is 23.8 Å². The van der Waals surface area contributed by atoms with Gasteiger partial charge in [0.15, 0.2) is 0 Å². The molecule has 7 nitrogen and oxygen atoms in total. The third-order valence-corrected chi connectivity index (χ3v) is 2.56. The largest absolute Gasteiger partial charge is 0.396 e. The second kappa shape index (κ2) is 6.04. The van der Waals surface area contributed by atoms with Gasteiger partial charge in [0.25, 0.3) is 5.91 Å². The monoisotopic (exact) mass is 253 g/mol. The molecule has 1 aromatic heterocycles. The van der Waals surface area contributed by atoms with E-state index in [2.05, 4.69) is 10.4 Å². The minimum atomic E-state index is -0.280. The Morgan fingerprint density at radius 1 is 1.56 bits per heavy atom. The van der Waals surface area contributed by atoms with Gasteiger partial charge in [-0.15, -0.1) is 0 Å². The Balaban J connectivity index is 2.92. The molecule has 1 heterocycles. The van der Waals surface area contributed by atoms with Crippen molar-refractivity contribution in [2.45, 2.75) is 13.3 Å². The molecule has 3 N–H and O–H groups in total. The maximum atomic E-state index is 12.3. The number of likely N-dealkylation sites (N-methyl/N-ethyl adjacent to an activating group) is 1. The third-order valence-electron chi connectivity index (χ3n) is 2.56. The van der Waals surface area contributed by atoms with E-state index in [0.29, 0.717) is 17.9 Å². The first kappa shape index (κ1) is 14.0. The zero-order valence-electron chi connectivity index (χ0n) is 10.9. The molecule has 0 aromatic carbocycles. The van der Waals surface area contributed by atoms with Crippen LogP contribution in [0.25, 0.3) is 0 Å². The zero-order valence-corrected chi connectivity index (χ0v) is 10.9. The van der Waals surface area contributed by atoms with Gasteiger partial charge in [-0.3, -0.25) is 14.3 Å². The minimum absolute atomic E-state index is 0.0216. The highest BCUT2D eigenvalue weighted by molar-refractivity contribution is 5.99. The Morgan fingerprint density at radius 2 is 2.22 bits per heavy atom. The Morgan fingerprint density at radius 3 is 2.67 bits per heavy atom. The number of nitrogen functional groups attached to an aromatic ring is 1. The van der Waals surface area contributed by atoms with Crippen LogP contribution in [-0.4, -0.2) is 46.6 Å². The highest BCUT2D eigenvalue weighted by Crippen LogP contribution is 2.12. The highest BCUT2D eigenvalue weighted by Gasteiger charge is 2.22. The molecule has 100 valence electrons. The summed E-state index contributed by atoms with van der Waals surface area (Å²) in [5.41, 5.74) is 6.34. The first-order chi connectivity index (χ1) is 8.51. The van der Waals surface area contributed by atoms with Gasteiger partial charge < -0.3 is 16.0 Å². The van der Waals surface area contributed by atoms with Crippen molar-refractivity contribution < 1.29 is 9.59 Å². The van der Waals surface area contributed by atoms with Crippen LogP contribution in [0.15, 0.2) is 6.20 Å². The maximum absolute atomic E-state index is 12.3. The Hall–Kier alpha value is -2.05. The van der Waals surface area contributed by atoms with Crippen LogP contribution in [-0.2, 0) is 11.8 Å². The van der Waals surface area contributed by atoms with E-state index in [9.17, 15) is 9.59 Å². The number of aromatic nitrogens is 2. The van der Waals surface area contributed by atoms with Crippen LogP contribution >= 0.6 is 0 Å². The Labute approximate surface area is 106 Å². The molecule has 1 rings (SSSR count). The van der Waals surface area contributed by atoms with Gasteiger partial charge in [0.05, 0.1) is 18.4 Å². The number of amides is 2. The van der Waals surface area contributed by atoms with Gasteiger partial charge in [-0.25, -0.2) is 0 Å². The van der Waals surface area contributed by atoms with Crippen LogP contribution in [0, 0.1) is 0 Å². The molecule has 1 aromatic rings. The lowest BCUT2D eigenvalue weighted by atomic mass is 10.3. The molecule has 0 bridgehead atoms. The minimum Gasteiger partial charge on any atom is -0.396 e. The Kier molecular flexibility index (Phi) is 4.70. The molecule has 7 heteroatoms. The van der Waals surface area contributed by atoms with Gasteiger partial charge in [0, 0.05) is 20.6 Å². The zero-order chi connectivity index (χ0) is 13.7. The molecule has 0 aliphatic heterocycles. The van der Waals surface area contributed by atoms with Gasteiger partial charge in [0.1, 0.15) is 5.69 Å². The summed E-state index contributed by atoms with van der Waals surface area (Å²) < 4.78 is 1.42. The van der Waals surface area contributed by atoms with Crippen molar-refractivity contribution in [3.8, 4) is 0 Å². The molecule has 2 amide bonds. The van der Waals surface area contributed by atoms with Crippen molar-refractivity contribution in [1.29, 1.82) is 0 Å². The van der Waals surface area contributed by atoms with Gasteiger partial charge in [-0.2, -0.15) is 5.10 Å². The summed E-state index contributed by atoms with van der Waals surface area (Å²) in [4.78, 5) is 25.1. The van der Waals surface area contributed by atoms with E-state index in [1.54, 1.807) is 7.05 Å². The molecule has 0 aliphatic rings. The third kappa shape index (κ3) is 2.99. The second-order valence-electron chi connectivity index (χ2n) is 3.97. The first-order valence-electron chi connectivity index (χ1n) is 5.78. The summed E-state index contributed by atoms with van der Waals surface area (Å²) in [7, 11) is 3.18. The topological polar surface area (TPSA) is 93.2 Å². The number of carbonyl (C=O) groups excluding carboxylic acids is 2. The number of carbonyl (C=O) groups is 2. The molecule has 18 heavy (non-hydrogen) atoms. The lowest BCUT2D eigenvalue weighted by Gasteiger charge is -2.21. The van der Waals surface area contributed by atoms with E-state index in [-0.39, 0.29) is 18.4 Å². The fraction of sp³-hybridized carbons (Fsp3) is 0.545. The number of anilines is 1. The number of nitrogens with two attached hydrogens (primary N) is 1. The fourth-order valence-electron chi connectivity index (χ4n) is 1.64. The maximum Gasteiger partial charge on any atom is 0.274 e. The van der Waals surface area contributed by atoms with Crippen molar-refractivity contribution in [2.75, 3.05) is 25.9 Å². The van der Waals surface area contributed by atoms with Crippen molar-refractivity contribution in [3.05, 3.63) is 11.9 Å².